The minimum Gasteiger partial charge on any atom is -0.464 e. The average Bonchev–Trinajstić information content (AvgIpc) is 2.79. The second kappa shape index (κ2) is 5.69. The van der Waals surface area contributed by atoms with Gasteiger partial charge in [-0.25, -0.2) is 0 Å². The summed E-state index contributed by atoms with van der Waals surface area (Å²) in [5.41, 5.74) is 2.02. The molecule has 1 amide bonds. The topological polar surface area (TPSA) is 54.3 Å². The number of amides is 1. The number of rotatable bonds is 5. The Balaban J connectivity index is 1.96. The Morgan fingerprint density at radius 2 is 2.17 bits per heavy atom. The highest BCUT2D eigenvalue weighted by atomic mass is 16.3. The van der Waals surface area contributed by atoms with Gasteiger partial charge in [-0.05, 0) is 13.0 Å². The van der Waals surface area contributed by atoms with E-state index >= 15 is 0 Å². The van der Waals surface area contributed by atoms with Crippen molar-refractivity contribution in [3.05, 3.63) is 36.1 Å². The number of furan rings is 1. The molecule has 4 nitrogen and oxygen atoms in total. The van der Waals surface area contributed by atoms with Crippen molar-refractivity contribution in [3.8, 4) is 0 Å². The molecule has 0 aliphatic carbocycles. The molecule has 1 aromatic carbocycles. The van der Waals surface area contributed by atoms with Gasteiger partial charge in [-0.15, -0.1) is 0 Å². The highest BCUT2D eigenvalue weighted by Crippen LogP contribution is 2.20. The Bertz CT molecular complexity index is 533. The average molecular weight is 246 g/mol. The zero-order valence-electron chi connectivity index (χ0n) is 10.7. The predicted molar refractivity (Wildman–Crippen MR) is 71.2 cm³/mol. The fourth-order valence-corrected chi connectivity index (χ4v) is 1.91. The molecular formula is C14H18N2O2. The fourth-order valence-electron chi connectivity index (χ4n) is 1.91. The van der Waals surface area contributed by atoms with Crippen LogP contribution in [0.25, 0.3) is 11.0 Å². The number of nitrogens with one attached hydrogen (secondary N) is 2. The highest BCUT2D eigenvalue weighted by molar-refractivity contribution is 5.80. The Hall–Kier alpha value is -1.81. The quantitative estimate of drug-likeness (QED) is 0.849. The van der Waals surface area contributed by atoms with Gasteiger partial charge in [0.2, 0.25) is 5.91 Å². The first-order valence-electron chi connectivity index (χ1n) is 6.09. The summed E-state index contributed by atoms with van der Waals surface area (Å²) in [6, 6.07) is 8.08. The first kappa shape index (κ1) is 12.6. The molecule has 2 rings (SSSR count). The van der Waals surface area contributed by atoms with Gasteiger partial charge in [0.25, 0.3) is 0 Å². The van der Waals surface area contributed by atoms with E-state index in [1.807, 2.05) is 31.2 Å². The molecule has 0 saturated carbocycles. The molecule has 96 valence electrons. The first-order valence-corrected chi connectivity index (χ1v) is 6.09. The van der Waals surface area contributed by atoms with E-state index in [-0.39, 0.29) is 11.9 Å². The zero-order valence-corrected chi connectivity index (χ0v) is 10.7. The van der Waals surface area contributed by atoms with Crippen molar-refractivity contribution < 1.29 is 9.21 Å². The van der Waals surface area contributed by atoms with Crippen LogP contribution in [0.1, 0.15) is 18.9 Å². The van der Waals surface area contributed by atoms with Crippen molar-refractivity contribution in [1.29, 1.82) is 0 Å². The summed E-state index contributed by atoms with van der Waals surface area (Å²) >= 11 is 0. The minimum atomic E-state index is 0.0482. The summed E-state index contributed by atoms with van der Waals surface area (Å²) in [7, 11) is 1.65. The molecule has 2 N–H and O–H groups in total. The number of hydrogen-bond acceptors (Lipinski definition) is 3. The lowest BCUT2D eigenvalue weighted by Crippen LogP contribution is -2.31. The molecule has 0 saturated heterocycles. The Kier molecular flexibility index (Phi) is 3.99. The van der Waals surface area contributed by atoms with Crippen LogP contribution in [0.2, 0.25) is 0 Å². The maximum absolute atomic E-state index is 11.2. The van der Waals surface area contributed by atoms with E-state index in [4.69, 9.17) is 4.42 Å². The second-order valence-electron chi connectivity index (χ2n) is 4.42. The first-order chi connectivity index (χ1) is 8.70. The predicted octanol–water partition coefficient (Wildman–Crippen LogP) is 2.05. The molecule has 18 heavy (non-hydrogen) atoms. The summed E-state index contributed by atoms with van der Waals surface area (Å²) in [6.07, 6.45) is 2.25. The van der Waals surface area contributed by atoms with Crippen LogP contribution in [0.4, 0.5) is 0 Å². The molecular weight excluding hydrogens is 228 g/mol. The van der Waals surface area contributed by atoms with Crippen molar-refractivity contribution in [3.63, 3.8) is 0 Å². The third-order valence-electron chi connectivity index (χ3n) is 2.97. The van der Waals surface area contributed by atoms with Gasteiger partial charge in [0.15, 0.2) is 0 Å². The van der Waals surface area contributed by atoms with Crippen molar-refractivity contribution in [2.24, 2.45) is 0 Å². The molecule has 1 unspecified atom stereocenters. The molecule has 0 fully saturated rings. The number of hydrogen-bond donors (Lipinski definition) is 2. The summed E-state index contributed by atoms with van der Waals surface area (Å²) in [5, 5.41) is 7.07. The van der Waals surface area contributed by atoms with Crippen molar-refractivity contribution >= 4 is 16.9 Å². The Morgan fingerprint density at radius 3 is 2.94 bits per heavy atom. The smallest absolute Gasteiger partial charge is 0.221 e. The highest BCUT2D eigenvalue weighted by Gasteiger charge is 2.09. The molecule has 2 aromatic rings. The van der Waals surface area contributed by atoms with Gasteiger partial charge in [-0.3, -0.25) is 4.79 Å². The summed E-state index contributed by atoms with van der Waals surface area (Å²) in [4.78, 5) is 11.2. The lowest BCUT2D eigenvalue weighted by atomic mass is 10.1. The van der Waals surface area contributed by atoms with E-state index in [1.54, 1.807) is 13.3 Å². The van der Waals surface area contributed by atoms with Crippen LogP contribution in [0, 0.1) is 0 Å². The standard InChI is InChI=1S/C14H18N2O2/c1-10(7-14(17)15-2)16-8-11-9-18-13-6-4-3-5-12(11)13/h3-6,9-10,16H,7-8H2,1-2H3,(H,15,17). The van der Waals surface area contributed by atoms with Crippen LogP contribution in [0.15, 0.2) is 34.9 Å². The monoisotopic (exact) mass is 246 g/mol. The van der Waals surface area contributed by atoms with Crippen LogP contribution < -0.4 is 10.6 Å². The lowest BCUT2D eigenvalue weighted by Gasteiger charge is -2.11. The van der Waals surface area contributed by atoms with E-state index < -0.39 is 0 Å². The molecule has 0 spiro atoms. The Labute approximate surface area is 106 Å². The van der Waals surface area contributed by atoms with Gasteiger partial charge in [0.1, 0.15) is 5.58 Å². The van der Waals surface area contributed by atoms with Gasteiger partial charge in [-0.1, -0.05) is 18.2 Å². The number of carbonyl (C=O) groups is 1. The SMILES string of the molecule is CNC(=O)CC(C)NCc1coc2ccccc12. The second-order valence-corrected chi connectivity index (χ2v) is 4.42. The summed E-state index contributed by atoms with van der Waals surface area (Å²) in [6.45, 7) is 2.70. The van der Waals surface area contributed by atoms with Gasteiger partial charge < -0.3 is 15.1 Å². The van der Waals surface area contributed by atoms with Crippen LogP contribution in [-0.2, 0) is 11.3 Å². The van der Waals surface area contributed by atoms with Gasteiger partial charge in [0.05, 0.1) is 6.26 Å². The van der Waals surface area contributed by atoms with E-state index in [0.29, 0.717) is 13.0 Å². The number of benzene rings is 1. The van der Waals surface area contributed by atoms with Crippen LogP contribution in [0.5, 0.6) is 0 Å². The molecule has 0 aliphatic rings. The lowest BCUT2D eigenvalue weighted by molar-refractivity contribution is -0.121. The van der Waals surface area contributed by atoms with Gasteiger partial charge >= 0.3 is 0 Å². The third kappa shape index (κ3) is 2.90. The molecule has 4 heteroatoms. The minimum absolute atomic E-state index is 0.0482. The molecule has 0 aliphatic heterocycles. The molecule has 1 atom stereocenters. The van der Waals surface area contributed by atoms with Gasteiger partial charge in [-0.2, -0.15) is 0 Å². The van der Waals surface area contributed by atoms with Crippen LogP contribution in [0.3, 0.4) is 0 Å². The number of carbonyl (C=O) groups excluding carboxylic acids is 1. The number of fused-ring (bicyclic) bond motifs is 1. The normalized spacial score (nSPS) is 12.6. The maximum Gasteiger partial charge on any atom is 0.221 e. The van der Waals surface area contributed by atoms with Gasteiger partial charge in [0, 0.05) is 37.0 Å². The third-order valence-corrected chi connectivity index (χ3v) is 2.97. The van der Waals surface area contributed by atoms with E-state index in [1.165, 1.54) is 0 Å². The van der Waals surface area contributed by atoms with Crippen LogP contribution in [-0.4, -0.2) is 19.0 Å². The summed E-state index contributed by atoms with van der Waals surface area (Å²) < 4.78 is 5.46. The maximum atomic E-state index is 11.2. The number of para-hydroxylation sites is 1. The van der Waals surface area contributed by atoms with Crippen molar-refractivity contribution in [1.82, 2.24) is 10.6 Å². The summed E-state index contributed by atoms with van der Waals surface area (Å²) in [5.74, 6) is 0.0482. The van der Waals surface area contributed by atoms with Crippen molar-refractivity contribution in [2.45, 2.75) is 25.9 Å². The van der Waals surface area contributed by atoms with Crippen LogP contribution >= 0.6 is 0 Å². The molecule has 1 heterocycles. The Morgan fingerprint density at radius 1 is 1.39 bits per heavy atom. The van der Waals surface area contributed by atoms with E-state index in [9.17, 15) is 4.79 Å². The molecule has 1 aromatic heterocycles. The fraction of sp³-hybridized carbons (Fsp3) is 0.357. The zero-order chi connectivity index (χ0) is 13.0. The molecule has 0 radical (unpaired) electrons. The largest absolute Gasteiger partial charge is 0.464 e. The molecule has 0 bridgehead atoms. The van der Waals surface area contributed by atoms with Crippen molar-refractivity contribution in [2.75, 3.05) is 7.05 Å². The van der Waals surface area contributed by atoms with E-state index in [2.05, 4.69) is 10.6 Å². The van der Waals surface area contributed by atoms with E-state index in [0.717, 1.165) is 16.5 Å².